The van der Waals surface area contributed by atoms with Crippen LogP contribution in [-0.4, -0.2) is 18.4 Å². The Morgan fingerprint density at radius 2 is 2.15 bits per heavy atom. The highest BCUT2D eigenvalue weighted by Crippen LogP contribution is 1.98. The van der Waals surface area contributed by atoms with Crippen LogP contribution in [0, 0.1) is 0 Å². The molecule has 0 fully saturated rings. The molecule has 0 atom stereocenters. The minimum Gasteiger partial charge on any atom is -0.315 e. The maximum atomic E-state index is 11.2. The predicted molar refractivity (Wildman–Crippen MR) is 56.8 cm³/mol. The van der Waals surface area contributed by atoms with Gasteiger partial charge in [0.25, 0.3) is 0 Å². The van der Waals surface area contributed by atoms with Crippen LogP contribution in [0.2, 0.25) is 0 Å². The lowest BCUT2D eigenvalue weighted by atomic mass is 10.1. The van der Waals surface area contributed by atoms with E-state index in [1.165, 1.54) is 0 Å². The number of ketones is 1. The van der Waals surface area contributed by atoms with Crippen LogP contribution in [0.25, 0.3) is 0 Å². The first-order valence-corrected chi connectivity index (χ1v) is 5.02. The molecular weight excluding hydrogens is 162 g/mol. The van der Waals surface area contributed by atoms with Gasteiger partial charge in [-0.2, -0.15) is 0 Å². The average molecular weight is 183 g/mol. The number of hydrogen-bond donors (Lipinski definition) is 1. The molecule has 2 heteroatoms. The molecule has 0 saturated heterocycles. The van der Waals surface area contributed by atoms with E-state index in [-0.39, 0.29) is 0 Å². The van der Waals surface area contributed by atoms with E-state index in [1.54, 1.807) is 6.08 Å². The van der Waals surface area contributed by atoms with Gasteiger partial charge in [-0.05, 0) is 19.4 Å². The van der Waals surface area contributed by atoms with Crippen LogP contribution < -0.4 is 5.32 Å². The van der Waals surface area contributed by atoms with Crippen molar-refractivity contribution >= 4 is 5.78 Å². The lowest BCUT2D eigenvalue weighted by Crippen LogP contribution is -2.24. The zero-order chi connectivity index (χ0) is 10.1. The number of nitrogens with one attached hydrogen (secondary N) is 1. The Hall–Kier alpha value is -0.630. The molecule has 0 aromatic heterocycles. The van der Waals surface area contributed by atoms with Gasteiger partial charge in [0.1, 0.15) is 5.78 Å². The summed E-state index contributed by atoms with van der Waals surface area (Å²) in [6.45, 7) is 8.75. The molecule has 0 saturated carbocycles. The van der Waals surface area contributed by atoms with Crippen molar-refractivity contribution < 1.29 is 4.79 Å². The molecular formula is C11H21NO. The van der Waals surface area contributed by atoms with Crippen molar-refractivity contribution in [3.8, 4) is 0 Å². The summed E-state index contributed by atoms with van der Waals surface area (Å²) in [5.41, 5.74) is 0. The van der Waals surface area contributed by atoms with Crippen molar-refractivity contribution in [2.45, 2.75) is 45.6 Å². The van der Waals surface area contributed by atoms with Gasteiger partial charge in [0.05, 0.1) is 0 Å². The number of carbonyl (C=O) groups excluding carboxylic acids is 1. The SMILES string of the molecule is C=CCCC(=O)CCCNC(C)C. The van der Waals surface area contributed by atoms with E-state index in [0.29, 0.717) is 24.7 Å². The second-order valence-electron chi connectivity index (χ2n) is 3.58. The van der Waals surface area contributed by atoms with E-state index in [1.807, 2.05) is 0 Å². The molecule has 0 rings (SSSR count). The molecule has 13 heavy (non-hydrogen) atoms. The molecule has 0 aliphatic carbocycles. The zero-order valence-electron chi connectivity index (χ0n) is 8.81. The van der Waals surface area contributed by atoms with E-state index in [4.69, 9.17) is 0 Å². The second-order valence-corrected chi connectivity index (χ2v) is 3.58. The molecule has 2 nitrogen and oxygen atoms in total. The topological polar surface area (TPSA) is 29.1 Å². The van der Waals surface area contributed by atoms with Gasteiger partial charge >= 0.3 is 0 Å². The smallest absolute Gasteiger partial charge is 0.133 e. The summed E-state index contributed by atoms with van der Waals surface area (Å²) in [5.74, 6) is 0.352. The predicted octanol–water partition coefficient (Wildman–Crippen LogP) is 2.30. The van der Waals surface area contributed by atoms with E-state index in [2.05, 4.69) is 25.7 Å². The molecule has 0 spiro atoms. The Labute approximate surface area is 81.4 Å². The van der Waals surface area contributed by atoms with E-state index in [0.717, 1.165) is 19.4 Å². The highest BCUT2D eigenvalue weighted by molar-refractivity contribution is 5.78. The molecule has 0 amide bonds. The first-order chi connectivity index (χ1) is 6.16. The third kappa shape index (κ3) is 9.28. The van der Waals surface area contributed by atoms with Gasteiger partial charge in [0.2, 0.25) is 0 Å². The number of Topliss-reactive ketones (excluding diaryl/α,β-unsaturated/α-hetero) is 1. The molecule has 0 aliphatic heterocycles. The Morgan fingerprint density at radius 3 is 2.69 bits per heavy atom. The highest BCUT2D eigenvalue weighted by atomic mass is 16.1. The van der Waals surface area contributed by atoms with E-state index >= 15 is 0 Å². The fourth-order valence-electron chi connectivity index (χ4n) is 1.06. The van der Waals surface area contributed by atoms with Crippen LogP contribution in [0.15, 0.2) is 12.7 Å². The molecule has 1 N–H and O–H groups in total. The molecule has 0 bridgehead atoms. The quantitative estimate of drug-likeness (QED) is 0.462. The summed E-state index contributed by atoms with van der Waals surface area (Å²) in [4.78, 5) is 11.2. The van der Waals surface area contributed by atoms with E-state index in [9.17, 15) is 4.79 Å². The minimum atomic E-state index is 0.352. The molecule has 0 radical (unpaired) electrons. The monoisotopic (exact) mass is 183 g/mol. The fourth-order valence-corrected chi connectivity index (χ4v) is 1.06. The maximum absolute atomic E-state index is 11.2. The third-order valence-electron chi connectivity index (χ3n) is 1.81. The van der Waals surface area contributed by atoms with Crippen LogP contribution in [0.1, 0.15) is 39.5 Å². The summed E-state index contributed by atoms with van der Waals surface area (Å²) >= 11 is 0. The number of carbonyl (C=O) groups is 1. The lowest BCUT2D eigenvalue weighted by Gasteiger charge is -2.06. The van der Waals surface area contributed by atoms with Crippen molar-refractivity contribution in [3.63, 3.8) is 0 Å². The normalized spacial score (nSPS) is 10.4. The fraction of sp³-hybridized carbons (Fsp3) is 0.727. The maximum Gasteiger partial charge on any atom is 0.133 e. The van der Waals surface area contributed by atoms with Gasteiger partial charge in [0, 0.05) is 18.9 Å². The first kappa shape index (κ1) is 12.4. The van der Waals surface area contributed by atoms with Crippen LogP contribution >= 0.6 is 0 Å². The molecule has 0 unspecified atom stereocenters. The summed E-state index contributed by atoms with van der Waals surface area (Å²) in [6, 6.07) is 0.517. The number of hydrogen-bond acceptors (Lipinski definition) is 2. The largest absolute Gasteiger partial charge is 0.315 e. The summed E-state index contributed by atoms with van der Waals surface area (Å²) in [6.07, 6.45) is 4.92. The lowest BCUT2D eigenvalue weighted by molar-refractivity contribution is -0.119. The third-order valence-corrected chi connectivity index (χ3v) is 1.81. The zero-order valence-corrected chi connectivity index (χ0v) is 8.81. The van der Waals surface area contributed by atoms with E-state index < -0.39 is 0 Å². The van der Waals surface area contributed by atoms with Crippen molar-refractivity contribution in [2.75, 3.05) is 6.54 Å². The molecule has 0 aromatic carbocycles. The van der Waals surface area contributed by atoms with Gasteiger partial charge in [-0.25, -0.2) is 0 Å². The number of rotatable bonds is 8. The first-order valence-electron chi connectivity index (χ1n) is 5.02. The van der Waals surface area contributed by atoms with Crippen molar-refractivity contribution in [3.05, 3.63) is 12.7 Å². The standard InChI is InChI=1S/C11H21NO/c1-4-5-7-11(13)8-6-9-12-10(2)3/h4,10,12H,1,5-9H2,2-3H3. The van der Waals surface area contributed by atoms with Gasteiger partial charge in [-0.15, -0.1) is 6.58 Å². The molecule has 0 aliphatic rings. The van der Waals surface area contributed by atoms with Crippen LogP contribution in [-0.2, 0) is 4.79 Å². The molecule has 76 valence electrons. The second kappa shape index (κ2) is 7.99. The Morgan fingerprint density at radius 1 is 1.46 bits per heavy atom. The summed E-state index contributed by atoms with van der Waals surface area (Å²) in [5, 5.41) is 3.28. The van der Waals surface area contributed by atoms with Crippen LogP contribution in [0.4, 0.5) is 0 Å². The molecule has 0 heterocycles. The Balaban J connectivity index is 3.21. The summed E-state index contributed by atoms with van der Waals surface area (Å²) < 4.78 is 0. The Kier molecular flexibility index (Phi) is 7.60. The summed E-state index contributed by atoms with van der Waals surface area (Å²) in [7, 11) is 0. The molecule has 0 aromatic rings. The van der Waals surface area contributed by atoms with Crippen molar-refractivity contribution in [1.29, 1.82) is 0 Å². The van der Waals surface area contributed by atoms with Crippen molar-refractivity contribution in [2.24, 2.45) is 0 Å². The van der Waals surface area contributed by atoms with Gasteiger partial charge < -0.3 is 5.32 Å². The number of allylic oxidation sites excluding steroid dienone is 1. The average Bonchev–Trinajstić information content (AvgIpc) is 2.08. The minimum absolute atomic E-state index is 0.352. The highest BCUT2D eigenvalue weighted by Gasteiger charge is 2.00. The van der Waals surface area contributed by atoms with Gasteiger partial charge in [-0.1, -0.05) is 19.9 Å². The Bertz CT molecular complexity index is 152. The van der Waals surface area contributed by atoms with Crippen LogP contribution in [0.5, 0.6) is 0 Å². The van der Waals surface area contributed by atoms with Gasteiger partial charge in [0.15, 0.2) is 0 Å². The van der Waals surface area contributed by atoms with Gasteiger partial charge in [-0.3, -0.25) is 4.79 Å². The van der Waals surface area contributed by atoms with Crippen molar-refractivity contribution in [1.82, 2.24) is 5.32 Å². The van der Waals surface area contributed by atoms with Crippen LogP contribution in [0.3, 0.4) is 0 Å².